The van der Waals surface area contributed by atoms with Gasteiger partial charge in [0.25, 0.3) is 0 Å². The van der Waals surface area contributed by atoms with Gasteiger partial charge < -0.3 is 8.83 Å². The van der Waals surface area contributed by atoms with Gasteiger partial charge in [-0.05, 0) is 5.92 Å². The topological polar surface area (TPSA) is 43.4 Å². The molecule has 0 unspecified atom stereocenters. The van der Waals surface area contributed by atoms with E-state index in [1.54, 1.807) is 0 Å². The zero-order chi connectivity index (χ0) is 7.56. The van der Waals surface area contributed by atoms with Gasteiger partial charge >= 0.3 is 5.82 Å². The molecule has 0 saturated carbocycles. The summed E-state index contributed by atoms with van der Waals surface area (Å²) in [6.45, 7) is 0. The third kappa shape index (κ3) is 1.24. The predicted octanol–water partition coefficient (Wildman–Crippen LogP) is 1.15. The lowest BCUT2D eigenvalue weighted by Gasteiger charge is -1.80. The van der Waals surface area contributed by atoms with E-state index in [9.17, 15) is 4.79 Å². The Morgan fingerprint density at radius 2 is 2.30 bits per heavy atom. The maximum absolute atomic E-state index is 10.4. The van der Waals surface area contributed by atoms with Gasteiger partial charge in [0.05, 0.1) is 4.43 Å². The molecule has 1 rings (SSSR count). The Balaban J connectivity index is 3.25. The van der Waals surface area contributed by atoms with Crippen LogP contribution in [-0.4, -0.2) is 0 Å². The molecule has 0 aromatic carbocycles. The Hall–Kier alpha value is -0.700. The van der Waals surface area contributed by atoms with E-state index in [1.807, 2.05) is 22.6 Å². The summed E-state index contributed by atoms with van der Waals surface area (Å²) < 4.78 is 9.62. The molecule has 52 valence electrons. The molecule has 0 amide bonds. The van der Waals surface area contributed by atoms with Gasteiger partial charge in [-0.1, -0.05) is 22.6 Å². The lowest BCUT2D eigenvalue weighted by Crippen LogP contribution is -1.85. The number of hydrogen-bond donors (Lipinski definition) is 0. The highest BCUT2D eigenvalue weighted by Gasteiger charge is 2.07. The van der Waals surface area contributed by atoms with Crippen molar-refractivity contribution >= 4 is 22.6 Å². The van der Waals surface area contributed by atoms with Gasteiger partial charge in [-0.2, -0.15) is 0 Å². The monoisotopic (exact) mass is 250 g/mol. The summed E-state index contributed by atoms with van der Waals surface area (Å²) in [4.78, 5) is 10.4. The van der Waals surface area contributed by atoms with Gasteiger partial charge in [-0.15, -0.1) is 6.42 Å². The molecule has 0 fully saturated rings. The van der Waals surface area contributed by atoms with Gasteiger partial charge in [0, 0.05) is 0 Å². The summed E-state index contributed by atoms with van der Waals surface area (Å²) in [5, 5.41) is 0. The van der Waals surface area contributed by atoms with E-state index in [0.29, 0.717) is 10.2 Å². The third-order valence-corrected chi connectivity index (χ3v) is 1.59. The van der Waals surface area contributed by atoms with E-state index in [-0.39, 0.29) is 5.76 Å². The second-order valence-electron chi connectivity index (χ2n) is 1.48. The van der Waals surface area contributed by atoms with Crippen molar-refractivity contribution in [2.75, 3.05) is 0 Å². The van der Waals surface area contributed by atoms with Crippen molar-refractivity contribution in [2.24, 2.45) is 0 Å². The van der Waals surface area contributed by atoms with Crippen molar-refractivity contribution in [1.29, 1.82) is 0 Å². The second kappa shape index (κ2) is 2.92. The van der Waals surface area contributed by atoms with E-state index >= 15 is 0 Å². The number of terminal acetylenes is 1. The SMILES string of the molecule is C#Cc1oc(=O)oc1CI. The Labute approximate surface area is 70.5 Å². The average molecular weight is 250 g/mol. The Morgan fingerprint density at radius 1 is 1.60 bits per heavy atom. The number of hydrogen-bond acceptors (Lipinski definition) is 3. The lowest BCUT2D eigenvalue weighted by molar-refractivity contribution is 0.376. The van der Waals surface area contributed by atoms with Crippen LogP contribution in [0.2, 0.25) is 0 Å². The molecule has 0 N–H and O–H groups in total. The molecule has 0 spiro atoms. The standard InChI is InChI=1S/C6H3IO3/c1-2-4-5(3-7)10-6(8)9-4/h1H,3H2. The van der Waals surface area contributed by atoms with Crippen molar-refractivity contribution in [2.45, 2.75) is 4.43 Å². The molecule has 0 saturated heterocycles. The lowest BCUT2D eigenvalue weighted by atomic mass is 10.4. The Kier molecular flexibility index (Phi) is 2.17. The van der Waals surface area contributed by atoms with Crippen molar-refractivity contribution < 1.29 is 8.83 Å². The van der Waals surface area contributed by atoms with Crippen LogP contribution in [0.4, 0.5) is 0 Å². The van der Waals surface area contributed by atoms with Crippen LogP contribution < -0.4 is 5.82 Å². The first-order chi connectivity index (χ1) is 4.77. The van der Waals surface area contributed by atoms with Gasteiger partial charge in [-0.25, -0.2) is 4.79 Å². The van der Waals surface area contributed by atoms with Crippen LogP contribution >= 0.6 is 22.6 Å². The highest BCUT2D eigenvalue weighted by Crippen LogP contribution is 2.08. The molecular weight excluding hydrogens is 247 g/mol. The van der Waals surface area contributed by atoms with Gasteiger partial charge in [0.2, 0.25) is 5.76 Å². The molecular formula is C6H3IO3. The van der Waals surface area contributed by atoms with Crippen molar-refractivity contribution in [3.05, 3.63) is 22.1 Å². The third-order valence-electron chi connectivity index (χ3n) is 0.898. The molecule has 1 aromatic heterocycles. The van der Waals surface area contributed by atoms with Crippen LogP contribution in [0, 0.1) is 12.3 Å². The summed E-state index contributed by atoms with van der Waals surface area (Å²) in [6, 6.07) is 0. The fourth-order valence-electron chi connectivity index (χ4n) is 0.506. The van der Waals surface area contributed by atoms with E-state index in [4.69, 9.17) is 6.42 Å². The van der Waals surface area contributed by atoms with Gasteiger partial charge in [0.15, 0.2) is 5.76 Å². The average Bonchev–Trinajstić information content (AvgIpc) is 2.30. The fourth-order valence-corrected chi connectivity index (χ4v) is 1.01. The minimum atomic E-state index is -0.736. The molecule has 0 radical (unpaired) electrons. The molecule has 10 heavy (non-hydrogen) atoms. The minimum Gasteiger partial charge on any atom is -0.394 e. The number of rotatable bonds is 1. The van der Waals surface area contributed by atoms with Crippen LogP contribution in [0.15, 0.2) is 13.6 Å². The van der Waals surface area contributed by atoms with Crippen molar-refractivity contribution in [3.8, 4) is 12.3 Å². The van der Waals surface area contributed by atoms with E-state index in [0.717, 1.165) is 0 Å². The van der Waals surface area contributed by atoms with Gasteiger partial charge in [0.1, 0.15) is 0 Å². The molecule has 1 aromatic rings. The maximum Gasteiger partial charge on any atom is 0.520 e. The molecule has 0 bridgehead atoms. The normalized spacial score (nSPS) is 9.20. The maximum atomic E-state index is 10.4. The smallest absolute Gasteiger partial charge is 0.394 e. The van der Waals surface area contributed by atoms with Crippen LogP contribution in [0.3, 0.4) is 0 Å². The van der Waals surface area contributed by atoms with Gasteiger partial charge in [-0.3, -0.25) is 0 Å². The minimum absolute atomic E-state index is 0.194. The Bertz CT molecular complexity index is 314. The van der Waals surface area contributed by atoms with Crippen molar-refractivity contribution in [3.63, 3.8) is 0 Å². The summed E-state index contributed by atoms with van der Waals surface area (Å²) >= 11 is 2.03. The first kappa shape index (κ1) is 7.41. The molecule has 1 heterocycles. The fraction of sp³-hybridized carbons (Fsp3) is 0.167. The summed E-state index contributed by atoms with van der Waals surface area (Å²) in [6.07, 6.45) is 4.99. The van der Waals surface area contributed by atoms with Crippen LogP contribution in [0.25, 0.3) is 0 Å². The zero-order valence-corrected chi connectivity index (χ0v) is 7.04. The van der Waals surface area contributed by atoms with Crippen LogP contribution in [0.5, 0.6) is 0 Å². The van der Waals surface area contributed by atoms with Crippen LogP contribution in [-0.2, 0) is 4.43 Å². The quantitative estimate of drug-likeness (QED) is 0.426. The zero-order valence-electron chi connectivity index (χ0n) is 4.89. The highest BCUT2D eigenvalue weighted by atomic mass is 127. The molecule has 3 nitrogen and oxygen atoms in total. The van der Waals surface area contributed by atoms with E-state index < -0.39 is 5.82 Å². The number of halogens is 1. The molecule has 0 aliphatic carbocycles. The first-order valence-corrected chi connectivity index (χ1v) is 3.96. The predicted molar refractivity (Wildman–Crippen MR) is 42.9 cm³/mol. The summed E-state index contributed by atoms with van der Waals surface area (Å²) in [5.41, 5.74) is 0. The molecule has 0 aliphatic rings. The molecule has 4 heteroatoms. The molecule has 0 atom stereocenters. The van der Waals surface area contributed by atoms with E-state index in [2.05, 4.69) is 14.8 Å². The summed E-state index contributed by atoms with van der Waals surface area (Å²) in [7, 11) is 0. The van der Waals surface area contributed by atoms with Crippen LogP contribution in [0.1, 0.15) is 11.5 Å². The first-order valence-electron chi connectivity index (χ1n) is 2.43. The number of alkyl halides is 1. The van der Waals surface area contributed by atoms with E-state index in [1.165, 1.54) is 0 Å². The second-order valence-corrected chi connectivity index (χ2v) is 2.25. The Morgan fingerprint density at radius 3 is 2.70 bits per heavy atom. The summed E-state index contributed by atoms with van der Waals surface area (Å²) in [5.74, 6) is 2.08. The molecule has 0 aliphatic heterocycles. The van der Waals surface area contributed by atoms with Crippen molar-refractivity contribution in [1.82, 2.24) is 0 Å². The largest absolute Gasteiger partial charge is 0.520 e. The highest BCUT2D eigenvalue weighted by molar-refractivity contribution is 14.1.